The summed E-state index contributed by atoms with van der Waals surface area (Å²) in [4.78, 5) is 4.39. The average Bonchev–Trinajstić information content (AvgIpc) is 2.92. The molecule has 0 aliphatic heterocycles. The molecule has 1 aromatic carbocycles. The van der Waals surface area contributed by atoms with E-state index in [9.17, 15) is 0 Å². The zero-order chi connectivity index (χ0) is 15.1. The summed E-state index contributed by atoms with van der Waals surface area (Å²) in [6, 6.07) is 8.11. The van der Waals surface area contributed by atoms with Crippen molar-refractivity contribution in [2.75, 3.05) is 13.1 Å². The van der Waals surface area contributed by atoms with Crippen molar-refractivity contribution in [2.45, 2.75) is 33.2 Å². The van der Waals surface area contributed by atoms with Gasteiger partial charge in [0.15, 0.2) is 0 Å². The molecule has 0 saturated carbocycles. The molecule has 2 aromatic rings. The van der Waals surface area contributed by atoms with E-state index in [2.05, 4.69) is 35.3 Å². The van der Waals surface area contributed by atoms with Crippen LogP contribution in [-0.4, -0.2) is 27.9 Å². The highest BCUT2D eigenvalue weighted by Gasteiger charge is 2.14. The van der Waals surface area contributed by atoms with Gasteiger partial charge in [-0.3, -0.25) is 4.68 Å². The summed E-state index contributed by atoms with van der Waals surface area (Å²) in [5.41, 5.74) is 1.27. The molecule has 0 aliphatic rings. The highest BCUT2D eigenvalue weighted by molar-refractivity contribution is 6.30. The third-order valence-corrected chi connectivity index (χ3v) is 3.80. The van der Waals surface area contributed by atoms with Gasteiger partial charge in [0.2, 0.25) is 0 Å². The average molecular weight is 307 g/mol. The largest absolute Gasteiger partial charge is 0.317 e. The van der Waals surface area contributed by atoms with Gasteiger partial charge < -0.3 is 5.32 Å². The number of rotatable bonds is 8. The fourth-order valence-corrected chi connectivity index (χ4v) is 2.74. The first-order valence-electron chi connectivity index (χ1n) is 7.54. The number of hydrogen-bond acceptors (Lipinski definition) is 3. The molecule has 4 nitrogen and oxygen atoms in total. The summed E-state index contributed by atoms with van der Waals surface area (Å²) < 4.78 is 1.97. The third-order valence-electron chi connectivity index (χ3n) is 3.56. The number of halogens is 1. The van der Waals surface area contributed by atoms with Gasteiger partial charge >= 0.3 is 0 Å². The Morgan fingerprint density at radius 1 is 1.29 bits per heavy atom. The molecule has 5 heteroatoms. The maximum absolute atomic E-state index is 6.08. The molecule has 0 amide bonds. The monoisotopic (exact) mass is 306 g/mol. The lowest BCUT2D eigenvalue weighted by molar-refractivity contribution is 0.453. The lowest BCUT2D eigenvalue weighted by Crippen LogP contribution is -2.26. The highest BCUT2D eigenvalue weighted by atomic mass is 35.5. The van der Waals surface area contributed by atoms with Crippen molar-refractivity contribution in [1.29, 1.82) is 0 Å². The second kappa shape index (κ2) is 8.15. The van der Waals surface area contributed by atoms with Gasteiger partial charge in [0.1, 0.15) is 12.2 Å². The Kier molecular flexibility index (Phi) is 6.21. The van der Waals surface area contributed by atoms with E-state index in [0.29, 0.717) is 5.92 Å². The zero-order valence-electron chi connectivity index (χ0n) is 12.7. The molecule has 0 spiro atoms. The Bertz CT molecular complexity index is 553. The van der Waals surface area contributed by atoms with Crippen LogP contribution < -0.4 is 5.32 Å². The predicted molar refractivity (Wildman–Crippen MR) is 86.6 cm³/mol. The Morgan fingerprint density at radius 2 is 2.14 bits per heavy atom. The Balaban J connectivity index is 2.07. The van der Waals surface area contributed by atoms with Crippen LogP contribution in [0.5, 0.6) is 0 Å². The fraction of sp³-hybridized carbons (Fsp3) is 0.500. The molecule has 0 bridgehead atoms. The van der Waals surface area contributed by atoms with E-state index in [0.717, 1.165) is 43.3 Å². The van der Waals surface area contributed by atoms with Crippen LogP contribution in [0.15, 0.2) is 30.6 Å². The van der Waals surface area contributed by atoms with E-state index in [-0.39, 0.29) is 0 Å². The predicted octanol–water partition coefficient (Wildman–Crippen LogP) is 2.96. The van der Waals surface area contributed by atoms with Crippen LogP contribution in [0.1, 0.15) is 25.2 Å². The molecule has 1 N–H and O–H groups in total. The van der Waals surface area contributed by atoms with Crippen LogP contribution in [0.25, 0.3) is 0 Å². The number of benzene rings is 1. The molecule has 1 unspecified atom stereocenters. The quantitative estimate of drug-likeness (QED) is 0.815. The number of nitrogens with zero attached hydrogens (tertiary/aromatic N) is 3. The van der Waals surface area contributed by atoms with Gasteiger partial charge in [-0.15, -0.1) is 0 Å². The second-order valence-electron chi connectivity index (χ2n) is 5.20. The van der Waals surface area contributed by atoms with Gasteiger partial charge in [0, 0.05) is 18.0 Å². The van der Waals surface area contributed by atoms with E-state index >= 15 is 0 Å². The maximum Gasteiger partial charge on any atom is 0.138 e. The minimum Gasteiger partial charge on any atom is -0.317 e. The van der Waals surface area contributed by atoms with Crippen molar-refractivity contribution in [3.05, 3.63) is 47.0 Å². The lowest BCUT2D eigenvalue weighted by Gasteiger charge is -2.17. The second-order valence-corrected chi connectivity index (χ2v) is 5.64. The molecule has 1 atom stereocenters. The first-order valence-corrected chi connectivity index (χ1v) is 7.92. The van der Waals surface area contributed by atoms with Gasteiger partial charge in [-0.1, -0.05) is 30.7 Å². The third kappa shape index (κ3) is 4.83. The molecule has 0 aliphatic carbocycles. The SMILES string of the molecule is CCNCC(Cc1cccc(Cl)c1)Cc1ncnn1CC. The molecule has 0 radical (unpaired) electrons. The topological polar surface area (TPSA) is 42.7 Å². The number of hydrogen-bond donors (Lipinski definition) is 1. The molecule has 1 heterocycles. The molecule has 114 valence electrons. The number of nitrogens with one attached hydrogen (secondary N) is 1. The smallest absolute Gasteiger partial charge is 0.138 e. The van der Waals surface area contributed by atoms with Gasteiger partial charge in [-0.2, -0.15) is 5.10 Å². The van der Waals surface area contributed by atoms with Gasteiger partial charge in [0.25, 0.3) is 0 Å². The van der Waals surface area contributed by atoms with Crippen molar-refractivity contribution in [2.24, 2.45) is 5.92 Å². The molecule has 2 rings (SSSR count). The van der Waals surface area contributed by atoms with E-state index in [4.69, 9.17) is 11.6 Å². The van der Waals surface area contributed by atoms with E-state index in [1.54, 1.807) is 6.33 Å². The van der Waals surface area contributed by atoms with Crippen molar-refractivity contribution in [1.82, 2.24) is 20.1 Å². The Morgan fingerprint density at radius 3 is 2.86 bits per heavy atom. The Hall–Kier alpha value is -1.39. The fourth-order valence-electron chi connectivity index (χ4n) is 2.53. The molecular formula is C16H23ClN4. The van der Waals surface area contributed by atoms with Gasteiger partial charge in [-0.05, 0) is 50.0 Å². The summed E-state index contributed by atoms with van der Waals surface area (Å²) in [5, 5.41) is 8.49. The maximum atomic E-state index is 6.08. The van der Waals surface area contributed by atoms with Crippen LogP contribution in [0, 0.1) is 5.92 Å². The van der Waals surface area contributed by atoms with Crippen LogP contribution >= 0.6 is 11.6 Å². The zero-order valence-corrected chi connectivity index (χ0v) is 13.5. The van der Waals surface area contributed by atoms with Crippen molar-refractivity contribution < 1.29 is 0 Å². The number of aromatic nitrogens is 3. The van der Waals surface area contributed by atoms with Crippen molar-refractivity contribution in [3.63, 3.8) is 0 Å². The first kappa shape index (κ1) is 16.0. The summed E-state index contributed by atoms with van der Waals surface area (Å²) in [7, 11) is 0. The minimum absolute atomic E-state index is 0.484. The molecule has 21 heavy (non-hydrogen) atoms. The molecular weight excluding hydrogens is 284 g/mol. The standard InChI is InChI=1S/C16H23ClN4/c1-3-18-11-14(8-13-6-5-7-15(17)9-13)10-16-19-12-20-21(16)4-2/h5-7,9,12,14,18H,3-4,8,10-11H2,1-2H3. The Labute approximate surface area is 131 Å². The van der Waals surface area contributed by atoms with Gasteiger partial charge in [-0.25, -0.2) is 4.98 Å². The highest BCUT2D eigenvalue weighted by Crippen LogP contribution is 2.17. The van der Waals surface area contributed by atoms with Crippen LogP contribution in [0.3, 0.4) is 0 Å². The van der Waals surface area contributed by atoms with Crippen molar-refractivity contribution >= 4 is 11.6 Å². The van der Waals surface area contributed by atoms with E-state index in [1.165, 1.54) is 5.56 Å². The van der Waals surface area contributed by atoms with Crippen LogP contribution in [-0.2, 0) is 19.4 Å². The molecule has 1 aromatic heterocycles. The minimum atomic E-state index is 0.484. The lowest BCUT2D eigenvalue weighted by atomic mass is 9.95. The number of aryl methyl sites for hydroxylation is 1. The van der Waals surface area contributed by atoms with E-state index in [1.807, 2.05) is 22.9 Å². The van der Waals surface area contributed by atoms with E-state index < -0.39 is 0 Å². The normalized spacial score (nSPS) is 12.5. The summed E-state index contributed by atoms with van der Waals surface area (Å²) >= 11 is 6.08. The van der Waals surface area contributed by atoms with Crippen molar-refractivity contribution in [3.8, 4) is 0 Å². The van der Waals surface area contributed by atoms with Gasteiger partial charge in [0.05, 0.1) is 0 Å². The van der Waals surface area contributed by atoms with Crippen LogP contribution in [0.2, 0.25) is 5.02 Å². The summed E-state index contributed by atoms with van der Waals surface area (Å²) in [5.74, 6) is 1.54. The molecule has 0 saturated heterocycles. The first-order chi connectivity index (χ1) is 10.2. The summed E-state index contributed by atoms with van der Waals surface area (Å²) in [6.45, 7) is 7.03. The molecule has 0 fully saturated rings. The summed E-state index contributed by atoms with van der Waals surface area (Å²) in [6.07, 6.45) is 3.56. The van der Waals surface area contributed by atoms with Crippen LogP contribution in [0.4, 0.5) is 0 Å².